The third-order valence-corrected chi connectivity index (χ3v) is 12.0. The lowest BCUT2D eigenvalue weighted by molar-refractivity contribution is -0.184. The molecule has 4 amide bonds. The van der Waals surface area contributed by atoms with Crippen LogP contribution in [-0.2, 0) is 91.8 Å². The Kier molecular flexibility index (Phi) is 26.4. The van der Waals surface area contributed by atoms with Crippen molar-refractivity contribution in [3.63, 3.8) is 0 Å². The van der Waals surface area contributed by atoms with Crippen LogP contribution in [0.1, 0.15) is 85.6 Å². The van der Waals surface area contributed by atoms with E-state index in [1.807, 2.05) is 10.6 Å². The molecule has 1 aromatic rings. The summed E-state index contributed by atoms with van der Waals surface area (Å²) in [6.07, 6.45) is -2.55. The average Bonchev–Trinajstić information content (AvgIpc) is 3.14. The molecule has 26 nitrogen and oxygen atoms in total. The zero-order chi connectivity index (χ0) is 50.1. The highest BCUT2D eigenvalue weighted by molar-refractivity contribution is 7.72. The molecule has 0 saturated heterocycles. The smallest absolute Gasteiger partial charge is 0.347 e. The normalized spacial score (nSPS) is 12.0. The number of hydrogen-bond donors (Lipinski definition) is 8. The lowest BCUT2D eigenvalue weighted by atomic mass is 9.96. The summed E-state index contributed by atoms with van der Waals surface area (Å²) < 4.78 is 51.9. The van der Waals surface area contributed by atoms with Gasteiger partial charge in [0.15, 0.2) is 13.2 Å². The Morgan fingerprint density at radius 2 is 0.954 bits per heavy atom. The van der Waals surface area contributed by atoms with Gasteiger partial charge in [0.05, 0.1) is 7.85 Å². The number of carbonyl (C=O) groups is 10. The minimum absolute atomic E-state index is 0.0285. The van der Waals surface area contributed by atoms with E-state index in [4.69, 9.17) is 17.3 Å². The predicted molar refractivity (Wildman–Crippen MR) is 222 cm³/mol. The van der Waals surface area contributed by atoms with Crippen LogP contribution >= 0.6 is 15.2 Å². The van der Waals surface area contributed by atoms with Crippen molar-refractivity contribution in [2.45, 2.75) is 104 Å². The van der Waals surface area contributed by atoms with Gasteiger partial charge in [0.1, 0.15) is 0 Å². The van der Waals surface area contributed by atoms with Gasteiger partial charge in [-0.2, -0.15) is 0 Å². The van der Waals surface area contributed by atoms with Gasteiger partial charge in [-0.1, -0.05) is 11.9 Å². The van der Waals surface area contributed by atoms with Gasteiger partial charge in [-0.15, -0.1) is 0 Å². The molecule has 0 spiro atoms. The van der Waals surface area contributed by atoms with Crippen molar-refractivity contribution in [3.05, 3.63) is 23.8 Å². The summed E-state index contributed by atoms with van der Waals surface area (Å²) >= 11 is 0. The molecule has 0 bridgehead atoms. The highest BCUT2D eigenvalue weighted by Crippen LogP contribution is 2.68. The molecule has 29 heteroatoms. The van der Waals surface area contributed by atoms with Gasteiger partial charge in [-0.3, -0.25) is 57.1 Å². The van der Waals surface area contributed by atoms with Crippen LogP contribution in [0.3, 0.4) is 0 Å². The number of benzene rings is 1. The first-order chi connectivity index (χ1) is 30.0. The van der Waals surface area contributed by atoms with Crippen molar-refractivity contribution < 1.29 is 105 Å². The van der Waals surface area contributed by atoms with E-state index >= 15 is 0 Å². The van der Waals surface area contributed by atoms with Gasteiger partial charge in [0, 0.05) is 91.7 Å². The molecular formula is C36H53BN4O22P2. The van der Waals surface area contributed by atoms with Crippen LogP contribution in [0.2, 0.25) is 0 Å². The maximum Gasteiger partial charge on any atom is 0.347 e. The molecule has 65 heavy (non-hydrogen) atoms. The van der Waals surface area contributed by atoms with E-state index in [9.17, 15) is 76.6 Å². The highest BCUT2D eigenvalue weighted by Gasteiger charge is 2.60. The van der Waals surface area contributed by atoms with Crippen LogP contribution in [0.5, 0.6) is 0 Å². The number of ether oxygens (including phenoxy) is 6. The van der Waals surface area contributed by atoms with Crippen molar-refractivity contribution in [2.75, 3.05) is 36.9 Å². The Hall–Kier alpha value is -5.72. The number of rotatable bonds is 25. The molecule has 2 radical (unpaired) electrons. The molecule has 1 rings (SSSR count). The average molecular weight is 967 g/mol. The second-order valence-corrected chi connectivity index (χ2v) is 17.7. The lowest BCUT2D eigenvalue weighted by Gasteiger charge is -2.34. The van der Waals surface area contributed by atoms with Crippen LogP contribution in [-0.4, -0.2) is 131 Å². The molecule has 0 aliphatic rings. The highest BCUT2D eigenvalue weighted by atomic mass is 31.2. The summed E-state index contributed by atoms with van der Waals surface area (Å²) in [7, 11) is -5.67. The van der Waals surface area contributed by atoms with E-state index < -0.39 is 119 Å². The van der Waals surface area contributed by atoms with Crippen LogP contribution in [0.4, 0.5) is 11.4 Å². The molecule has 0 aromatic heterocycles. The first-order valence-corrected chi connectivity index (χ1v) is 22.3. The molecule has 0 fully saturated rings. The van der Waals surface area contributed by atoms with E-state index in [0.29, 0.717) is 16.9 Å². The summed E-state index contributed by atoms with van der Waals surface area (Å²) in [6.45, 7) is 3.39. The number of carbonyl (C=O) groups excluding carboxylic acids is 10. The molecule has 0 saturated carbocycles. The van der Waals surface area contributed by atoms with Gasteiger partial charge >= 0.3 is 51.0 Å². The van der Waals surface area contributed by atoms with Crippen LogP contribution in [0, 0.1) is 0 Å². The van der Waals surface area contributed by atoms with E-state index in [-0.39, 0.29) is 44.3 Å². The standard InChI is InChI=1S/C20H25BN2O8.C16H28N2O14P2/c1-12(24)29-11-19(27)23-17-8-15(10-21)7-16(9-17)22-18(26)5-4-6-20(28)31-14(3)30-13(2)25;1-10(19)30-7-14(22)18-9-16(33(24,25)26,34(27,28)29)8-17-13(21)5-4-6-15(23)32-12(3)31-11(2)20/h7-9,14H,4-6,10-11H2,1-3H3,(H,22,26)(H,23,27);12H,4-9H2,1-3H3,(H,17,21)(H,18,22)(H2,24,25,26)(H2,27,28,29). The summed E-state index contributed by atoms with van der Waals surface area (Å²) in [6, 6.07) is 4.80. The Balaban J connectivity index is 0.00000126. The summed E-state index contributed by atoms with van der Waals surface area (Å²) in [4.78, 5) is 149. The Morgan fingerprint density at radius 1 is 0.569 bits per heavy atom. The summed E-state index contributed by atoms with van der Waals surface area (Å²) in [5.41, 5.74) is 1.43. The van der Waals surface area contributed by atoms with Crippen molar-refractivity contribution in [2.24, 2.45) is 0 Å². The fourth-order valence-electron chi connectivity index (χ4n) is 4.76. The lowest BCUT2D eigenvalue weighted by Crippen LogP contribution is -2.50. The third-order valence-electron chi connectivity index (χ3n) is 7.66. The van der Waals surface area contributed by atoms with Gasteiger partial charge < -0.3 is 69.3 Å². The first kappa shape index (κ1) is 59.3. The fourth-order valence-corrected chi connectivity index (χ4v) is 7.26. The van der Waals surface area contributed by atoms with Crippen LogP contribution < -0.4 is 21.3 Å². The van der Waals surface area contributed by atoms with Gasteiger partial charge in [0.25, 0.3) is 11.8 Å². The second-order valence-electron chi connectivity index (χ2n) is 13.4. The minimum atomic E-state index is -5.66. The largest absolute Gasteiger partial charge is 0.456 e. The van der Waals surface area contributed by atoms with Crippen molar-refractivity contribution in [1.82, 2.24) is 10.6 Å². The Bertz CT molecular complexity index is 1950. The molecular weight excluding hydrogens is 913 g/mol. The zero-order valence-electron chi connectivity index (χ0n) is 36.3. The summed E-state index contributed by atoms with van der Waals surface area (Å²) in [5, 5.41) is 9.05. The van der Waals surface area contributed by atoms with Gasteiger partial charge in [-0.05, 0) is 31.0 Å². The second kappa shape index (κ2) is 28.9. The monoisotopic (exact) mass is 966 g/mol. The van der Waals surface area contributed by atoms with E-state index in [0.717, 1.165) is 13.8 Å². The molecule has 0 heterocycles. The van der Waals surface area contributed by atoms with Crippen molar-refractivity contribution in [1.29, 1.82) is 0 Å². The number of esters is 6. The Labute approximate surface area is 373 Å². The third kappa shape index (κ3) is 26.0. The molecule has 2 unspecified atom stereocenters. The number of anilines is 2. The van der Waals surface area contributed by atoms with Gasteiger partial charge in [0.2, 0.25) is 29.3 Å². The van der Waals surface area contributed by atoms with Crippen LogP contribution in [0.15, 0.2) is 18.2 Å². The zero-order valence-corrected chi connectivity index (χ0v) is 38.1. The van der Waals surface area contributed by atoms with Crippen LogP contribution in [0.25, 0.3) is 0 Å². The fraction of sp³-hybridized carbons (Fsp3) is 0.556. The SMILES string of the molecule is CC(=O)OCC(=O)NCC(CNC(=O)CCCC(=O)OC(C)OC(C)=O)(P(=O)(O)O)P(=O)(O)O.[B]Cc1cc(NC(=O)CCCC(=O)OC(C)OC(C)=O)cc(NC(=O)COC(C)=O)c1. The minimum Gasteiger partial charge on any atom is -0.456 e. The quantitative estimate of drug-likeness (QED) is 0.0208. The Morgan fingerprint density at radius 3 is 1.34 bits per heavy atom. The molecule has 8 N–H and O–H groups in total. The maximum absolute atomic E-state index is 12.2. The summed E-state index contributed by atoms with van der Waals surface area (Å²) in [5.74, 6) is -6.99. The molecule has 2 atom stereocenters. The topological polar surface area (TPSA) is 389 Å². The van der Waals surface area contributed by atoms with E-state index in [1.54, 1.807) is 12.1 Å². The molecule has 362 valence electrons. The van der Waals surface area contributed by atoms with Crippen molar-refractivity contribution >= 4 is 93.9 Å². The molecule has 0 aliphatic carbocycles. The molecule has 0 aliphatic heterocycles. The van der Waals surface area contributed by atoms with Crippen molar-refractivity contribution in [3.8, 4) is 0 Å². The number of hydrogen-bond acceptors (Lipinski definition) is 18. The van der Waals surface area contributed by atoms with E-state index in [1.165, 1.54) is 33.8 Å². The number of amides is 4. The predicted octanol–water partition coefficient (Wildman–Crippen LogP) is -0.126. The van der Waals surface area contributed by atoms with E-state index in [2.05, 4.69) is 29.6 Å². The number of nitrogens with one attached hydrogen (secondary N) is 4. The molecule has 1 aromatic carbocycles. The van der Waals surface area contributed by atoms with Gasteiger partial charge in [-0.25, -0.2) is 0 Å². The maximum atomic E-state index is 12.2. The first-order valence-electron chi connectivity index (χ1n) is 19.1.